The van der Waals surface area contributed by atoms with Crippen molar-refractivity contribution >= 4 is 23.3 Å². The zero-order chi connectivity index (χ0) is 21.4. The van der Waals surface area contributed by atoms with Gasteiger partial charge in [-0.1, -0.05) is 6.07 Å². The number of hydrazine groups is 1. The summed E-state index contributed by atoms with van der Waals surface area (Å²) in [6.07, 6.45) is 0. The minimum Gasteiger partial charge on any atom is -0.497 e. The molecule has 1 heterocycles. The largest absolute Gasteiger partial charge is 0.497 e. The number of benzene rings is 1. The second-order valence-electron chi connectivity index (χ2n) is 6.14. The van der Waals surface area contributed by atoms with Crippen molar-refractivity contribution in [2.75, 3.05) is 27.4 Å². The summed E-state index contributed by atoms with van der Waals surface area (Å²) in [5, 5.41) is 9.57. The Hall–Kier alpha value is -2.76. The maximum atomic E-state index is 12.5. The molecule has 0 bridgehead atoms. The lowest BCUT2D eigenvalue weighted by molar-refractivity contribution is -0.127. The highest BCUT2D eigenvalue weighted by Crippen LogP contribution is 2.26. The van der Waals surface area contributed by atoms with E-state index < -0.39 is 17.9 Å². The van der Waals surface area contributed by atoms with Gasteiger partial charge in [-0.3, -0.25) is 25.3 Å². The van der Waals surface area contributed by atoms with Gasteiger partial charge in [-0.2, -0.15) is 4.37 Å². The molecule has 0 aliphatic carbocycles. The van der Waals surface area contributed by atoms with Gasteiger partial charge in [0.05, 0.1) is 26.9 Å². The van der Waals surface area contributed by atoms with E-state index in [9.17, 15) is 14.7 Å². The van der Waals surface area contributed by atoms with E-state index in [-0.39, 0.29) is 18.2 Å². The summed E-state index contributed by atoms with van der Waals surface area (Å²) in [6.45, 7) is 3.84. The highest BCUT2D eigenvalue weighted by Gasteiger charge is 2.23. The van der Waals surface area contributed by atoms with Crippen molar-refractivity contribution in [3.05, 3.63) is 34.6 Å². The van der Waals surface area contributed by atoms with Crippen molar-refractivity contribution in [1.82, 2.24) is 25.1 Å². The van der Waals surface area contributed by atoms with Crippen molar-refractivity contribution < 1.29 is 24.2 Å². The van der Waals surface area contributed by atoms with Crippen LogP contribution in [0.1, 0.15) is 28.1 Å². The van der Waals surface area contributed by atoms with Crippen LogP contribution in [0, 0.1) is 6.92 Å². The van der Waals surface area contributed by atoms with Crippen molar-refractivity contribution in [2.45, 2.75) is 26.4 Å². The van der Waals surface area contributed by atoms with Crippen molar-refractivity contribution in [3.8, 4) is 11.5 Å². The van der Waals surface area contributed by atoms with Crippen LogP contribution in [0.15, 0.2) is 18.2 Å². The summed E-state index contributed by atoms with van der Waals surface area (Å²) < 4.78 is 14.5. The number of ether oxygens (including phenoxy) is 2. The SMILES string of the molecule is COc1ccc(CN(CCO)[C@H](C)C(=O)NNC(=O)c2nc(C)ns2)c(OC)c1. The molecule has 0 aliphatic rings. The van der Waals surface area contributed by atoms with Crippen LogP contribution >= 0.6 is 11.5 Å². The smallest absolute Gasteiger partial charge is 0.300 e. The van der Waals surface area contributed by atoms with Crippen LogP contribution < -0.4 is 20.3 Å². The number of aliphatic hydroxyl groups is 1. The molecule has 11 heteroatoms. The third-order valence-corrected chi connectivity index (χ3v) is 5.01. The molecule has 2 amide bonds. The zero-order valence-electron chi connectivity index (χ0n) is 16.8. The first-order valence-electron chi connectivity index (χ1n) is 8.86. The fraction of sp³-hybridized carbons (Fsp3) is 0.444. The van der Waals surface area contributed by atoms with Crippen molar-refractivity contribution in [1.29, 1.82) is 0 Å². The van der Waals surface area contributed by atoms with Gasteiger partial charge < -0.3 is 14.6 Å². The highest BCUT2D eigenvalue weighted by atomic mass is 32.1. The molecule has 3 N–H and O–H groups in total. The van der Waals surface area contributed by atoms with Crippen LogP contribution in [0.4, 0.5) is 0 Å². The van der Waals surface area contributed by atoms with Crippen LogP contribution in [0.2, 0.25) is 0 Å². The van der Waals surface area contributed by atoms with Gasteiger partial charge in [-0.25, -0.2) is 4.98 Å². The van der Waals surface area contributed by atoms with E-state index >= 15 is 0 Å². The number of nitrogens with one attached hydrogen (secondary N) is 2. The van der Waals surface area contributed by atoms with Gasteiger partial charge in [0.25, 0.3) is 11.8 Å². The first kappa shape index (κ1) is 22.5. The Kier molecular flexibility index (Phi) is 8.31. The molecular formula is C18H25N5O5S. The van der Waals surface area contributed by atoms with Gasteiger partial charge in [0.2, 0.25) is 5.01 Å². The fourth-order valence-corrected chi connectivity index (χ4v) is 3.14. The first-order valence-corrected chi connectivity index (χ1v) is 9.63. The molecular weight excluding hydrogens is 398 g/mol. The van der Waals surface area contributed by atoms with Gasteiger partial charge in [0.15, 0.2) is 0 Å². The maximum Gasteiger partial charge on any atom is 0.300 e. The molecule has 0 spiro atoms. The average molecular weight is 423 g/mol. The number of hydrogen-bond acceptors (Lipinski definition) is 9. The molecule has 10 nitrogen and oxygen atoms in total. The second-order valence-corrected chi connectivity index (χ2v) is 6.89. The molecule has 1 atom stereocenters. The number of carbonyl (C=O) groups excluding carboxylic acids is 2. The molecule has 0 aliphatic heterocycles. The Labute approximate surface area is 173 Å². The molecule has 0 radical (unpaired) electrons. The summed E-state index contributed by atoms with van der Waals surface area (Å²) in [7, 11) is 3.12. The number of rotatable bonds is 9. The number of methoxy groups -OCH3 is 2. The monoisotopic (exact) mass is 423 g/mol. The topological polar surface area (TPSA) is 126 Å². The lowest BCUT2D eigenvalue weighted by Gasteiger charge is -2.28. The van der Waals surface area contributed by atoms with E-state index in [0.717, 1.165) is 17.1 Å². The lowest BCUT2D eigenvalue weighted by atomic mass is 10.1. The average Bonchev–Trinajstić information content (AvgIpc) is 3.17. The van der Waals surface area contributed by atoms with E-state index in [4.69, 9.17) is 9.47 Å². The highest BCUT2D eigenvalue weighted by molar-refractivity contribution is 7.07. The van der Waals surface area contributed by atoms with E-state index in [0.29, 0.717) is 23.9 Å². The van der Waals surface area contributed by atoms with E-state index in [1.165, 1.54) is 0 Å². The lowest BCUT2D eigenvalue weighted by Crippen LogP contribution is -2.51. The molecule has 1 aromatic heterocycles. The number of carbonyl (C=O) groups is 2. The van der Waals surface area contributed by atoms with Crippen molar-refractivity contribution in [3.63, 3.8) is 0 Å². The molecule has 2 rings (SSSR count). The van der Waals surface area contributed by atoms with Gasteiger partial charge >= 0.3 is 0 Å². The molecule has 1 aromatic carbocycles. The predicted octanol–water partition coefficient (Wildman–Crippen LogP) is 0.508. The summed E-state index contributed by atoms with van der Waals surface area (Å²) in [5.41, 5.74) is 5.55. The number of aryl methyl sites for hydroxylation is 1. The molecule has 0 saturated carbocycles. The minimum atomic E-state index is -0.634. The van der Waals surface area contributed by atoms with E-state index in [2.05, 4.69) is 20.2 Å². The third-order valence-electron chi connectivity index (χ3n) is 4.20. The van der Waals surface area contributed by atoms with Crippen LogP contribution in [-0.4, -0.2) is 64.6 Å². The second kappa shape index (κ2) is 10.7. The Morgan fingerprint density at radius 1 is 1.28 bits per heavy atom. The molecule has 29 heavy (non-hydrogen) atoms. The Morgan fingerprint density at radius 3 is 2.62 bits per heavy atom. The number of nitrogens with zero attached hydrogens (tertiary/aromatic N) is 3. The zero-order valence-corrected chi connectivity index (χ0v) is 17.6. The molecule has 0 fully saturated rings. The van der Waals surface area contributed by atoms with Gasteiger partial charge in [-0.15, -0.1) is 0 Å². The fourth-order valence-electron chi connectivity index (χ4n) is 2.57. The Bertz CT molecular complexity index is 844. The quantitative estimate of drug-likeness (QED) is 0.498. The van der Waals surface area contributed by atoms with E-state index in [1.807, 2.05) is 6.07 Å². The van der Waals surface area contributed by atoms with Crippen LogP contribution in [-0.2, 0) is 11.3 Å². The molecule has 0 unspecified atom stereocenters. The normalized spacial score (nSPS) is 11.8. The molecule has 0 saturated heterocycles. The predicted molar refractivity (Wildman–Crippen MR) is 107 cm³/mol. The molecule has 158 valence electrons. The van der Waals surface area contributed by atoms with Crippen LogP contribution in [0.25, 0.3) is 0 Å². The summed E-state index contributed by atoms with van der Waals surface area (Å²) in [4.78, 5) is 30.3. The summed E-state index contributed by atoms with van der Waals surface area (Å²) >= 11 is 0.949. The summed E-state index contributed by atoms with van der Waals surface area (Å²) in [5.74, 6) is 0.782. The molecule has 2 aromatic rings. The number of amides is 2. The number of aliphatic hydroxyl groups excluding tert-OH is 1. The number of hydrogen-bond donors (Lipinski definition) is 3. The van der Waals surface area contributed by atoms with Gasteiger partial charge in [0.1, 0.15) is 17.3 Å². The maximum absolute atomic E-state index is 12.5. The Morgan fingerprint density at radius 2 is 2.03 bits per heavy atom. The standard InChI is InChI=1S/C18H25N5O5S/c1-11(16(25)20-21-17(26)18-19-12(2)22-29-18)23(7-8-24)10-13-5-6-14(27-3)9-15(13)28-4/h5-6,9,11,24H,7-8,10H2,1-4H3,(H,20,25)(H,21,26)/t11-/m1/s1. The van der Waals surface area contributed by atoms with Crippen LogP contribution in [0.3, 0.4) is 0 Å². The Balaban J connectivity index is 2.03. The minimum absolute atomic E-state index is 0.132. The van der Waals surface area contributed by atoms with Gasteiger partial charge in [0, 0.05) is 24.7 Å². The first-order chi connectivity index (χ1) is 13.9. The van der Waals surface area contributed by atoms with E-state index in [1.54, 1.807) is 45.1 Å². The third kappa shape index (κ3) is 6.11. The van der Waals surface area contributed by atoms with Gasteiger partial charge in [-0.05, 0) is 31.4 Å². The number of aromatic nitrogens is 2. The summed E-state index contributed by atoms with van der Waals surface area (Å²) in [6, 6.07) is 4.75. The van der Waals surface area contributed by atoms with Crippen molar-refractivity contribution in [2.24, 2.45) is 0 Å². The van der Waals surface area contributed by atoms with Crippen LogP contribution in [0.5, 0.6) is 11.5 Å².